The van der Waals surface area contributed by atoms with Crippen LogP contribution in [-0.2, 0) is 22.4 Å². The van der Waals surface area contributed by atoms with Crippen LogP contribution in [0.3, 0.4) is 0 Å². The number of nitrogens with zero attached hydrogens (tertiary/aromatic N) is 2. The van der Waals surface area contributed by atoms with E-state index in [4.69, 9.17) is 9.73 Å². The average Bonchev–Trinajstić information content (AvgIpc) is 2.96. The van der Waals surface area contributed by atoms with Gasteiger partial charge in [0.2, 0.25) is 0 Å². The Labute approximate surface area is 159 Å². The van der Waals surface area contributed by atoms with Crippen molar-refractivity contribution in [2.45, 2.75) is 33.6 Å². The molecule has 0 unspecified atom stereocenters. The Morgan fingerprint density at radius 2 is 1.96 bits per heavy atom. The molecule has 27 heavy (non-hydrogen) atoms. The number of fused-ring (bicyclic) bond motifs is 3. The normalized spacial score (nSPS) is 13.4. The molecular weight excluding hydrogens is 336 g/mol. The number of hydrogen-bond donors (Lipinski definition) is 0. The number of benzene rings is 2. The van der Waals surface area contributed by atoms with Crippen LogP contribution in [0.15, 0.2) is 47.5 Å². The third-order valence-electron chi connectivity index (χ3n) is 5.10. The second-order valence-corrected chi connectivity index (χ2v) is 7.04. The van der Waals surface area contributed by atoms with E-state index in [1.165, 1.54) is 16.8 Å². The highest BCUT2D eigenvalue weighted by Crippen LogP contribution is 2.33. The predicted molar refractivity (Wildman–Crippen MR) is 109 cm³/mol. The van der Waals surface area contributed by atoms with Crippen LogP contribution in [0.2, 0.25) is 0 Å². The van der Waals surface area contributed by atoms with Crippen molar-refractivity contribution in [3.05, 3.63) is 70.4 Å². The van der Waals surface area contributed by atoms with Crippen molar-refractivity contribution in [3.8, 4) is 0 Å². The fraction of sp³-hybridized carbons (Fsp3) is 0.304. The van der Waals surface area contributed by atoms with Crippen LogP contribution in [0.25, 0.3) is 10.9 Å². The topological polar surface area (TPSA) is 43.6 Å². The summed E-state index contributed by atoms with van der Waals surface area (Å²) in [4.78, 5) is 17.2. The predicted octanol–water partition coefficient (Wildman–Crippen LogP) is 4.21. The van der Waals surface area contributed by atoms with Gasteiger partial charge in [-0.25, -0.2) is 0 Å². The van der Waals surface area contributed by atoms with Gasteiger partial charge in [-0.05, 0) is 43.5 Å². The number of aryl methyl sites for hydroxylation is 2. The Hall–Kier alpha value is -2.88. The zero-order chi connectivity index (χ0) is 19.0. The Morgan fingerprint density at radius 1 is 1.19 bits per heavy atom. The van der Waals surface area contributed by atoms with Crippen LogP contribution >= 0.6 is 0 Å². The van der Waals surface area contributed by atoms with Gasteiger partial charge in [-0.15, -0.1) is 0 Å². The van der Waals surface area contributed by atoms with Gasteiger partial charge in [0.15, 0.2) is 0 Å². The first-order chi connectivity index (χ1) is 13.1. The Morgan fingerprint density at radius 3 is 2.70 bits per heavy atom. The first kappa shape index (κ1) is 17.5. The van der Waals surface area contributed by atoms with E-state index < -0.39 is 0 Å². The van der Waals surface area contributed by atoms with E-state index in [-0.39, 0.29) is 5.97 Å². The summed E-state index contributed by atoms with van der Waals surface area (Å²) in [5.41, 5.74) is 6.89. The lowest BCUT2D eigenvalue weighted by Crippen LogP contribution is -2.23. The van der Waals surface area contributed by atoms with Gasteiger partial charge in [0, 0.05) is 29.6 Å². The third kappa shape index (κ3) is 3.05. The first-order valence-corrected chi connectivity index (χ1v) is 9.49. The van der Waals surface area contributed by atoms with Crippen LogP contribution in [0, 0.1) is 13.8 Å². The second-order valence-electron chi connectivity index (χ2n) is 7.04. The van der Waals surface area contributed by atoms with Gasteiger partial charge in [-0.1, -0.05) is 36.4 Å². The molecule has 4 nitrogen and oxygen atoms in total. The van der Waals surface area contributed by atoms with Crippen molar-refractivity contribution in [1.29, 1.82) is 0 Å². The Balaban J connectivity index is 1.98. The number of rotatable bonds is 4. The summed E-state index contributed by atoms with van der Waals surface area (Å²) in [7, 11) is 0. The zero-order valence-corrected chi connectivity index (χ0v) is 16.1. The molecule has 0 bridgehead atoms. The molecule has 4 rings (SSSR count). The molecule has 0 spiro atoms. The monoisotopic (exact) mass is 360 g/mol. The van der Waals surface area contributed by atoms with Gasteiger partial charge in [0.05, 0.1) is 18.5 Å². The summed E-state index contributed by atoms with van der Waals surface area (Å²) < 4.78 is 7.50. The Bertz CT molecular complexity index is 1050. The minimum absolute atomic E-state index is 0.170. The van der Waals surface area contributed by atoms with Crippen molar-refractivity contribution in [1.82, 2.24) is 4.57 Å². The van der Waals surface area contributed by atoms with Crippen molar-refractivity contribution in [2.75, 3.05) is 13.2 Å². The molecule has 1 aliphatic rings. The molecular formula is C23H24N2O2. The van der Waals surface area contributed by atoms with Gasteiger partial charge >= 0.3 is 5.97 Å². The summed E-state index contributed by atoms with van der Waals surface area (Å²) in [6, 6.07) is 14.7. The van der Waals surface area contributed by atoms with Crippen LogP contribution in [0.1, 0.15) is 34.9 Å². The van der Waals surface area contributed by atoms with Crippen LogP contribution in [0.5, 0.6) is 0 Å². The largest absolute Gasteiger partial charge is 0.466 e. The van der Waals surface area contributed by atoms with E-state index in [0.29, 0.717) is 13.0 Å². The third-order valence-corrected chi connectivity index (χ3v) is 5.10. The maximum atomic E-state index is 12.3. The van der Waals surface area contributed by atoms with E-state index in [1.807, 2.05) is 25.1 Å². The van der Waals surface area contributed by atoms with Gasteiger partial charge in [0.25, 0.3) is 0 Å². The van der Waals surface area contributed by atoms with E-state index in [2.05, 4.69) is 42.7 Å². The van der Waals surface area contributed by atoms with Crippen LogP contribution < -0.4 is 0 Å². The molecule has 0 saturated heterocycles. The van der Waals surface area contributed by atoms with E-state index in [9.17, 15) is 4.79 Å². The SMILES string of the molecule is CCOC(=O)Cc1c2n(c3cc(C)cc(C)c13)C(c1ccccc1)=NCC2. The lowest BCUT2D eigenvalue weighted by atomic mass is 10.0. The number of esters is 1. The zero-order valence-electron chi connectivity index (χ0n) is 16.1. The van der Waals surface area contributed by atoms with Gasteiger partial charge in [-0.3, -0.25) is 14.4 Å². The first-order valence-electron chi connectivity index (χ1n) is 9.49. The number of hydrogen-bond acceptors (Lipinski definition) is 3. The van der Waals surface area contributed by atoms with Crippen molar-refractivity contribution in [2.24, 2.45) is 4.99 Å². The number of aliphatic imine (C=N–C) groups is 1. The fourth-order valence-corrected chi connectivity index (χ4v) is 4.14. The summed E-state index contributed by atoms with van der Waals surface area (Å²) in [5.74, 6) is 0.790. The molecule has 0 aliphatic carbocycles. The van der Waals surface area contributed by atoms with E-state index >= 15 is 0 Å². The molecule has 4 heteroatoms. The quantitative estimate of drug-likeness (QED) is 0.654. The highest BCUT2D eigenvalue weighted by molar-refractivity contribution is 6.08. The van der Waals surface area contributed by atoms with Gasteiger partial charge < -0.3 is 4.74 Å². The van der Waals surface area contributed by atoms with Crippen molar-refractivity contribution >= 4 is 22.7 Å². The highest BCUT2D eigenvalue weighted by atomic mass is 16.5. The minimum Gasteiger partial charge on any atom is -0.466 e. The molecule has 3 aromatic rings. The van der Waals surface area contributed by atoms with Gasteiger partial charge in [-0.2, -0.15) is 0 Å². The summed E-state index contributed by atoms with van der Waals surface area (Å²) in [6.45, 7) is 7.21. The molecule has 0 atom stereocenters. The fourth-order valence-electron chi connectivity index (χ4n) is 4.14. The number of aromatic nitrogens is 1. The molecule has 0 amide bonds. The molecule has 0 radical (unpaired) electrons. The molecule has 138 valence electrons. The van der Waals surface area contributed by atoms with Crippen molar-refractivity contribution < 1.29 is 9.53 Å². The number of ether oxygens (including phenoxy) is 1. The molecule has 0 saturated carbocycles. The number of carbonyl (C=O) groups excluding carboxylic acids is 1. The summed E-state index contributed by atoms with van der Waals surface area (Å²) in [5, 5.41) is 1.16. The molecule has 1 aromatic heterocycles. The Kier molecular flexibility index (Phi) is 4.56. The average molecular weight is 360 g/mol. The maximum absolute atomic E-state index is 12.3. The molecule has 2 aromatic carbocycles. The molecule has 2 heterocycles. The molecule has 1 aliphatic heterocycles. The lowest BCUT2D eigenvalue weighted by molar-refractivity contribution is -0.142. The van der Waals surface area contributed by atoms with E-state index in [0.717, 1.165) is 40.8 Å². The summed E-state index contributed by atoms with van der Waals surface area (Å²) >= 11 is 0. The smallest absolute Gasteiger partial charge is 0.310 e. The van der Waals surface area contributed by atoms with Gasteiger partial charge in [0.1, 0.15) is 5.84 Å². The molecule has 0 N–H and O–H groups in total. The van der Waals surface area contributed by atoms with Crippen LogP contribution in [-0.4, -0.2) is 29.5 Å². The van der Waals surface area contributed by atoms with E-state index in [1.54, 1.807) is 0 Å². The summed E-state index contributed by atoms with van der Waals surface area (Å²) in [6.07, 6.45) is 1.14. The lowest BCUT2D eigenvalue weighted by Gasteiger charge is -2.19. The second kappa shape index (κ2) is 7.03. The molecule has 0 fully saturated rings. The van der Waals surface area contributed by atoms with Crippen LogP contribution in [0.4, 0.5) is 0 Å². The van der Waals surface area contributed by atoms with Crippen molar-refractivity contribution in [3.63, 3.8) is 0 Å². The minimum atomic E-state index is -0.170. The number of carbonyl (C=O) groups is 1. The maximum Gasteiger partial charge on any atom is 0.310 e. The standard InChI is InChI=1S/C23H24N2O2/c1-4-27-21(26)14-18-19-10-11-24-23(17-8-6-5-7-9-17)25(19)20-13-15(2)12-16(3)22(18)20/h5-9,12-13H,4,10-11,14H2,1-3H3. The highest BCUT2D eigenvalue weighted by Gasteiger charge is 2.26.